The van der Waals surface area contributed by atoms with Crippen LogP contribution in [0.15, 0.2) is 53.1 Å². The fraction of sp³-hybridized carbons (Fsp3) is 0. The molecule has 2 aliphatic rings. The Morgan fingerprint density at radius 1 is 1.07 bits per heavy atom. The van der Waals surface area contributed by atoms with E-state index in [4.69, 9.17) is 0 Å². The van der Waals surface area contributed by atoms with Crippen molar-refractivity contribution in [3.05, 3.63) is 58.6 Å². The molecule has 1 aromatic rings. The maximum absolute atomic E-state index is 2.21. The van der Waals surface area contributed by atoms with Gasteiger partial charge in [-0.15, -0.1) is 11.8 Å². The zero-order chi connectivity index (χ0) is 9.38. The maximum Gasteiger partial charge on any atom is 0.0528 e. The Morgan fingerprint density at radius 2 is 2.00 bits per heavy atom. The van der Waals surface area contributed by atoms with Crippen molar-refractivity contribution >= 4 is 23.5 Å². The Labute approximate surface area is 87.4 Å². The third-order valence-corrected chi connectivity index (χ3v) is 3.04. The molecule has 0 bridgehead atoms. The molecule has 1 aromatic carbocycles. The Bertz CT molecular complexity index is 457. The van der Waals surface area contributed by atoms with Crippen LogP contribution in [0, 0.1) is 0 Å². The molecule has 0 unspecified atom stereocenters. The minimum atomic E-state index is 1.25. The molecule has 0 amide bonds. The number of fused-ring (bicyclic) bond motifs is 3. The van der Waals surface area contributed by atoms with Crippen LogP contribution in [-0.2, 0) is 0 Å². The Balaban J connectivity index is 2.19. The lowest BCUT2D eigenvalue weighted by molar-refractivity contribution is 1.19. The van der Waals surface area contributed by atoms with Gasteiger partial charge in [0.05, 0.1) is 11.4 Å². The maximum atomic E-state index is 2.21. The largest absolute Gasteiger partial charge is 0.316 e. The quantitative estimate of drug-likeness (QED) is 0.628. The predicted octanol–water partition coefficient (Wildman–Crippen LogP) is 3.58. The summed E-state index contributed by atoms with van der Waals surface area (Å²) in [5.41, 5.74) is 3.79. The van der Waals surface area contributed by atoms with Gasteiger partial charge in [-0.2, -0.15) is 0 Å². The minimum Gasteiger partial charge on any atom is -0.316 e. The van der Waals surface area contributed by atoms with Gasteiger partial charge < -0.3 is 4.90 Å². The molecule has 2 heterocycles. The molecule has 3 rings (SSSR count). The average molecular weight is 199 g/mol. The van der Waals surface area contributed by atoms with E-state index in [1.165, 1.54) is 16.9 Å². The molecule has 0 atom stereocenters. The van der Waals surface area contributed by atoms with E-state index >= 15 is 0 Å². The summed E-state index contributed by atoms with van der Waals surface area (Å²) in [4.78, 5) is 2.21. The van der Waals surface area contributed by atoms with E-state index in [1.54, 1.807) is 11.8 Å². The average Bonchev–Trinajstić information content (AvgIpc) is 2.29. The summed E-state index contributed by atoms with van der Waals surface area (Å²) in [5, 5.41) is 4.26. The molecule has 2 aliphatic heterocycles. The third-order valence-electron chi connectivity index (χ3n) is 2.39. The second-order valence-electron chi connectivity index (χ2n) is 3.23. The van der Waals surface area contributed by atoms with E-state index in [9.17, 15) is 0 Å². The van der Waals surface area contributed by atoms with E-state index in [-0.39, 0.29) is 0 Å². The number of rotatable bonds is 0. The lowest BCUT2D eigenvalue weighted by atomic mass is 10.1. The number of anilines is 1. The molecule has 0 saturated carbocycles. The van der Waals surface area contributed by atoms with Crippen molar-refractivity contribution in [1.29, 1.82) is 0 Å². The molecule has 0 fully saturated rings. The van der Waals surface area contributed by atoms with Gasteiger partial charge in [-0.25, -0.2) is 0 Å². The van der Waals surface area contributed by atoms with Crippen molar-refractivity contribution < 1.29 is 0 Å². The van der Waals surface area contributed by atoms with Gasteiger partial charge in [-0.1, -0.05) is 24.3 Å². The summed E-state index contributed by atoms with van der Waals surface area (Å²) in [5.74, 6) is 0. The number of benzene rings is 1. The standard InChI is InChI=1S/C12H9NS/c1-2-4-12-10(3-1)5-6-11-9-14-8-7-13(11)12/h1-9H. The molecule has 0 aromatic heterocycles. The molecule has 68 valence electrons. The summed E-state index contributed by atoms with van der Waals surface area (Å²) in [6.45, 7) is 0. The lowest BCUT2D eigenvalue weighted by Gasteiger charge is -2.28. The fourth-order valence-corrected chi connectivity index (χ4v) is 2.31. The second-order valence-corrected chi connectivity index (χ2v) is 4.01. The van der Waals surface area contributed by atoms with Crippen molar-refractivity contribution in [3.8, 4) is 0 Å². The highest BCUT2D eigenvalue weighted by Gasteiger charge is 2.15. The molecule has 1 nitrogen and oxygen atoms in total. The summed E-state index contributed by atoms with van der Waals surface area (Å²) in [7, 11) is 0. The number of thioether (sulfide) groups is 1. The highest BCUT2D eigenvalue weighted by Crippen LogP contribution is 2.34. The van der Waals surface area contributed by atoms with Gasteiger partial charge in [0.1, 0.15) is 0 Å². The minimum absolute atomic E-state index is 1.25. The summed E-state index contributed by atoms with van der Waals surface area (Å²) in [6.07, 6.45) is 6.43. The van der Waals surface area contributed by atoms with Gasteiger partial charge in [0.2, 0.25) is 0 Å². The van der Waals surface area contributed by atoms with Gasteiger partial charge in [0.25, 0.3) is 0 Å². The number of allylic oxidation sites excluding steroid dienone is 1. The highest BCUT2D eigenvalue weighted by molar-refractivity contribution is 8.05. The number of hydrogen-bond acceptors (Lipinski definition) is 2. The number of hydrogen-bond donors (Lipinski definition) is 0. The molecule has 0 aliphatic carbocycles. The van der Waals surface area contributed by atoms with Crippen molar-refractivity contribution in [2.24, 2.45) is 0 Å². The Morgan fingerprint density at radius 3 is 3.00 bits per heavy atom. The first-order valence-electron chi connectivity index (χ1n) is 4.54. The zero-order valence-corrected chi connectivity index (χ0v) is 8.37. The van der Waals surface area contributed by atoms with Gasteiger partial charge >= 0.3 is 0 Å². The Hall–Kier alpha value is -1.41. The molecule has 0 spiro atoms. The molecule has 2 heteroatoms. The van der Waals surface area contributed by atoms with E-state index in [0.29, 0.717) is 0 Å². The van der Waals surface area contributed by atoms with Crippen molar-refractivity contribution in [1.82, 2.24) is 0 Å². The summed E-state index contributed by atoms with van der Waals surface area (Å²) < 4.78 is 0. The molecule has 0 radical (unpaired) electrons. The number of nitrogens with zero attached hydrogens (tertiary/aromatic N) is 1. The first-order chi connectivity index (χ1) is 6.95. The molecular weight excluding hydrogens is 190 g/mol. The first kappa shape index (κ1) is 7.94. The predicted molar refractivity (Wildman–Crippen MR) is 62.8 cm³/mol. The van der Waals surface area contributed by atoms with Gasteiger partial charge in [0, 0.05) is 6.20 Å². The first-order valence-corrected chi connectivity index (χ1v) is 5.48. The lowest BCUT2D eigenvalue weighted by Crippen LogP contribution is -2.18. The van der Waals surface area contributed by atoms with Crippen LogP contribution in [-0.4, -0.2) is 0 Å². The third kappa shape index (κ3) is 1.11. The van der Waals surface area contributed by atoms with Crippen molar-refractivity contribution in [2.45, 2.75) is 0 Å². The van der Waals surface area contributed by atoms with E-state index in [0.717, 1.165) is 0 Å². The van der Waals surface area contributed by atoms with Crippen LogP contribution < -0.4 is 4.90 Å². The number of para-hydroxylation sites is 1. The highest BCUT2D eigenvalue weighted by atomic mass is 32.2. The normalized spacial score (nSPS) is 17.4. The molecule has 0 saturated heterocycles. The topological polar surface area (TPSA) is 3.24 Å². The van der Waals surface area contributed by atoms with Crippen LogP contribution in [0.25, 0.3) is 6.08 Å². The monoisotopic (exact) mass is 199 g/mol. The van der Waals surface area contributed by atoms with E-state index < -0.39 is 0 Å². The van der Waals surface area contributed by atoms with Gasteiger partial charge in [0.15, 0.2) is 0 Å². The van der Waals surface area contributed by atoms with Crippen molar-refractivity contribution in [2.75, 3.05) is 4.90 Å². The van der Waals surface area contributed by atoms with Crippen LogP contribution >= 0.6 is 11.8 Å². The van der Waals surface area contributed by atoms with Crippen LogP contribution in [0.3, 0.4) is 0 Å². The molecule has 14 heavy (non-hydrogen) atoms. The van der Waals surface area contributed by atoms with Crippen LogP contribution in [0.5, 0.6) is 0 Å². The smallest absolute Gasteiger partial charge is 0.0528 e. The second kappa shape index (κ2) is 3.07. The van der Waals surface area contributed by atoms with Crippen LogP contribution in [0.4, 0.5) is 5.69 Å². The van der Waals surface area contributed by atoms with Crippen molar-refractivity contribution in [3.63, 3.8) is 0 Å². The Kier molecular flexibility index (Phi) is 1.74. The fourth-order valence-electron chi connectivity index (χ4n) is 1.71. The van der Waals surface area contributed by atoms with Gasteiger partial charge in [-0.05, 0) is 28.5 Å². The SMILES string of the molecule is C1=CN2C(=CS1)C=Cc1ccccc12. The molecule has 0 N–H and O–H groups in total. The summed E-state index contributed by atoms with van der Waals surface area (Å²) in [6, 6.07) is 8.43. The van der Waals surface area contributed by atoms with Crippen LogP contribution in [0.2, 0.25) is 0 Å². The zero-order valence-electron chi connectivity index (χ0n) is 7.55. The van der Waals surface area contributed by atoms with E-state index in [2.05, 4.69) is 58.3 Å². The summed E-state index contributed by atoms with van der Waals surface area (Å²) >= 11 is 1.72. The van der Waals surface area contributed by atoms with E-state index in [1.807, 2.05) is 0 Å². The van der Waals surface area contributed by atoms with Gasteiger partial charge in [-0.3, -0.25) is 0 Å². The van der Waals surface area contributed by atoms with Crippen LogP contribution in [0.1, 0.15) is 5.56 Å². The molecular formula is C12H9NS.